The predicted molar refractivity (Wildman–Crippen MR) is 65.6 cm³/mol. The summed E-state index contributed by atoms with van der Waals surface area (Å²) in [6.45, 7) is 0. The zero-order valence-electron chi connectivity index (χ0n) is 8.08. The maximum atomic E-state index is 12.7. The molecule has 0 spiro atoms. The van der Waals surface area contributed by atoms with E-state index in [9.17, 15) is 4.39 Å². The van der Waals surface area contributed by atoms with Gasteiger partial charge in [0.2, 0.25) is 0 Å². The zero-order chi connectivity index (χ0) is 11.5. The fourth-order valence-electron chi connectivity index (χ4n) is 1.19. The third-order valence-electron chi connectivity index (χ3n) is 1.94. The van der Waals surface area contributed by atoms with E-state index < -0.39 is 0 Å². The number of ether oxygens (including phenoxy) is 1. The van der Waals surface area contributed by atoms with Crippen molar-refractivity contribution in [2.24, 2.45) is 0 Å². The van der Waals surface area contributed by atoms with Crippen LogP contribution in [0.2, 0.25) is 5.02 Å². The smallest absolute Gasteiger partial charge is 0.146 e. The standard InChI is InChI=1S/C12H7BrClFO/c13-8-1-6-12(11(14)7-8)16-10-4-2-9(15)3-5-10/h1-7H. The second-order valence-corrected chi connectivity index (χ2v) is 4.45. The van der Waals surface area contributed by atoms with E-state index in [0.717, 1.165) is 4.47 Å². The Kier molecular flexibility index (Phi) is 3.46. The first kappa shape index (κ1) is 11.4. The van der Waals surface area contributed by atoms with Crippen LogP contribution in [0.15, 0.2) is 46.9 Å². The molecule has 82 valence electrons. The van der Waals surface area contributed by atoms with Crippen LogP contribution in [0.1, 0.15) is 0 Å². The molecule has 2 aromatic carbocycles. The first-order chi connectivity index (χ1) is 7.65. The van der Waals surface area contributed by atoms with Gasteiger partial charge in [-0.2, -0.15) is 0 Å². The molecule has 0 aliphatic carbocycles. The molecule has 0 saturated carbocycles. The molecule has 0 N–H and O–H groups in total. The Bertz CT molecular complexity index is 499. The minimum Gasteiger partial charge on any atom is -0.456 e. The molecular formula is C12H7BrClFO. The van der Waals surface area contributed by atoms with Gasteiger partial charge in [0, 0.05) is 4.47 Å². The summed E-state index contributed by atoms with van der Waals surface area (Å²) in [6, 6.07) is 11.1. The van der Waals surface area contributed by atoms with Crippen LogP contribution in [0.3, 0.4) is 0 Å². The lowest BCUT2D eigenvalue weighted by molar-refractivity contribution is 0.480. The molecule has 0 radical (unpaired) electrons. The van der Waals surface area contributed by atoms with E-state index in [1.165, 1.54) is 12.1 Å². The van der Waals surface area contributed by atoms with Gasteiger partial charge < -0.3 is 4.74 Å². The van der Waals surface area contributed by atoms with Crippen molar-refractivity contribution in [1.82, 2.24) is 0 Å². The Hall–Kier alpha value is -1.06. The van der Waals surface area contributed by atoms with Crippen LogP contribution in [-0.4, -0.2) is 0 Å². The van der Waals surface area contributed by atoms with Gasteiger partial charge in [0.25, 0.3) is 0 Å². The van der Waals surface area contributed by atoms with Crippen molar-refractivity contribution < 1.29 is 9.13 Å². The van der Waals surface area contributed by atoms with Gasteiger partial charge in [0.1, 0.15) is 17.3 Å². The molecule has 0 unspecified atom stereocenters. The Morgan fingerprint density at radius 1 is 1.06 bits per heavy atom. The van der Waals surface area contributed by atoms with Gasteiger partial charge in [-0.05, 0) is 42.5 Å². The van der Waals surface area contributed by atoms with Crippen molar-refractivity contribution in [2.45, 2.75) is 0 Å². The lowest BCUT2D eigenvalue weighted by Gasteiger charge is -2.07. The zero-order valence-corrected chi connectivity index (χ0v) is 10.4. The van der Waals surface area contributed by atoms with Crippen LogP contribution in [0.25, 0.3) is 0 Å². The largest absolute Gasteiger partial charge is 0.456 e. The highest BCUT2D eigenvalue weighted by atomic mass is 79.9. The molecule has 16 heavy (non-hydrogen) atoms. The van der Waals surface area contributed by atoms with E-state index in [0.29, 0.717) is 16.5 Å². The van der Waals surface area contributed by atoms with Crippen LogP contribution in [-0.2, 0) is 0 Å². The number of hydrogen-bond acceptors (Lipinski definition) is 1. The average Bonchev–Trinajstić information content (AvgIpc) is 2.25. The molecule has 2 rings (SSSR count). The van der Waals surface area contributed by atoms with E-state index in [1.807, 2.05) is 6.07 Å². The highest BCUT2D eigenvalue weighted by molar-refractivity contribution is 9.10. The van der Waals surface area contributed by atoms with Crippen molar-refractivity contribution in [3.63, 3.8) is 0 Å². The average molecular weight is 302 g/mol. The fraction of sp³-hybridized carbons (Fsp3) is 0. The van der Waals surface area contributed by atoms with Crippen LogP contribution >= 0.6 is 27.5 Å². The third-order valence-corrected chi connectivity index (χ3v) is 2.72. The summed E-state index contributed by atoms with van der Waals surface area (Å²) < 4.78 is 19.0. The predicted octanol–water partition coefficient (Wildman–Crippen LogP) is 5.03. The van der Waals surface area contributed by atoms with Gasteiger partial charge in [-0.15, -0.1) is 0 Å². The highest BCUT2D eigenvalue weighted by Gasteiger charge is 2.03. The summed E-state index contributed by atoms with van der Waals surface area (Å²) in [5, 5.41) is 0.499. The summed E-state index contributed by atoms with van der Waals surface area (Å²) >= 11 is 9.28. The molecule has 0 aliphatic heterocycles. The molecule has 0 amide bonds. The van der Waals surface area contributed by atoms with E-state index in [4.69, 9.17) is 16.3 Å². The van der Waals surface area contributed by atoms with E-state index >= 15 is 0 Å². The van der Waals surface area contributed by atoms with Crippen molar-refractivity contribution in [3.8, 4) is 11.5 Å². The van der Waals surface area contributed by atoms with Crippen molar-refractivity contribution >= 4 is 27.5 Å². The number of hydrogen-bond donors (Lipinski definition) is 0. The SMILES string of the molecule is Fc1ccc(Oc2ccc(Br)cc2Cl)cc1. The van der Waals surface area contributed by atoms with Crippen LogP contribution in [0, 0.1) is 5.82 Å². The lowest BCUT2D eigenvalue weighted by Crippen LogP contribution is -1.85. The summed E-state index contributed by atoms with van der Waals surface area (Å²) in [5.41, 5.74) is 0. The van der Waals surface area contributed by atoms with Gasteiger partial charge in [-0.3, -0.25) is 0 Å². The minimum absolute atomic E-state index is 0.297. The summed E-state index contributed by atoms with van der Waals surface area (Å²) in [5.74, 6) is 0.788. The third kappa shape index (κ3) is 2.74. The Labute approximate surface area is 106 Å². The summed E-state index contributed by atoms with van der Waals surface area (Å²) in [7, 11) is 0. The maximum absolute atomic E-state index is 12.7. The van der Waals surface area contributed by atoms with Crippen molar-refractivity contribution in [2.75, 3.05) is 0 Å². The van der Waals surface area contributed by atoms with Crippen LogP contribution in [0.4, 0.5) is 4.39 Å². The van der Waals surface area contributed by atoms with Gasteiger partial charge in [-0.25, -0.2) is 4.39 Å². The Balaban J connectivity index is 2.23. The second-order valence-electron chi connectivity index (χ2n) is 3.13. The molecule has 0 heterocycles. The summed E-state index contributed by atoms with van der Waals surface area (Å²) in [6.07, 6.45) is 0. The van der Waals surface area contributed by atoms with Crippen LogP contribution < -0.4 is 4.74 Å². The first-order valence-corrected chi connectivity index (χ1v) is 5.71. The van der Waals surface area contributed by atoms with Crippen LogP contribution in [0.5, 0.6) is 11.5 Å². The van der Waals surface area contributed by atoms with Gasteiger partial charge in [0.15, 0.2) is 0 Å². The molecule has 0 bridgehead atoms. The minimum atomic E-state index is -0.297. The highest BCUT2D eigenvalue weighted by Crippen LogP contribution is 2.31. The van der Waals surface area contributed by atoms with Gasteiger partial charge >= 0.3 is 0 Å². The molecule has 0 atom stereocenters. The quantitative estimate of drug-likeness (QED) is 0.755. The van der Waals surface area contributed by atoms with E-state index in [2.05, 4.69) is 15.9 Å². The second kappa shape index (κ2) is 4.85. The normalized spacial score (nSPS) is 10.2. The lowest BCUT2D eigenvalue weighted by atomic mass is 10.3. The molecule has 0 saturated heterocycles. The molecule has 0 fully saturated rings. The molecule has 0 aliphatic rings. The summed E-state index contributed by atoms with van der Waals surface area (Å²) in [4.78, 5) is 0. The maximum Gasteiger partial charge on any atom is 0.146 e. The number of benzene rings is 2. The van der Waals surface area contributed by atoms with Gasteiger partial charge in [0.05, 0.1) is 5.02 Å². The molecular weight excluding hydrogens is 294 g/mol. The molecule has 1 nitrogen and oxygen atoms in total. The molecule has 0 aromatic heterocycles. The molecule has 2 aromatic rings. The molecule has 4 heteroatoms. The monoisotopic (exact) mass is 300 g/mol. The van der Waals surface area contributed by atoms with E-state index in [1.54, 1.807) is 24.3 Å². The fourth-order valence-corrected chi connectivity index (χ4v) is 1.90. The van der Waals surface area contributed by atoms with Crippen molar-refractivity contribution in [3.05, 3.63) is 57.8 Å². The first-order valence-electron chi connectivity index (χ1n) is 4.53. The van der Waals surface area contributed by atoms with E-state index in [-0.39, 0.29) is 5.82 Å². The Morgan fingerprint density at radius 3 is 2.38 bits per heavy atom. The van der Waals surface area contributed by atoms with Gasteiger partial charge in [-0.1, -0.05) is 27.5 Å². The number of rotatable bonds is 2. The number of halogens is 3. The topological polar surface area (TPSA) is 9.23 Å². The Morgan fingerprint density at radius 2 is 1.75 bits per heavy atom. The van der Waals surface area contributed by atoms with Crippen molar-refractivity contribution in [1.29, 1.82) is 0 Å².